The van der Waals surface area contributed by atoms with Crippen LogP contribution in [0.2, 0.25) is 0 Å². The largest absolute Gasteiger partial charge is 0.491 e. The molecule has 0 saturated carbocycles. The highest BCUT2D eigenvalue weighted by molar-refractivity contribution is 5.88. The van der Waals surface area contributed by atoms with Crippen molar-refractivity contribution in [2.45, 2.75) is 19.9 Å². The Morgan fingerprint density at radius 2 is 2.19 bits per heavy atom. The van der Waals surface area contributed by atoms with Gasteiger partial charge in [0, 0.05) is 19.2 Å². The molecule has 2 rings (SSSR count). The van der Waals surface area contributed by atoms with E-state index >= 15 is 0 Å². The van der Waals surface area contributed by atoms with Crippen molar-refractivity contribution in [1.82, 2.24) is 9.78 Å². The summed E-state index contributed by atoms with van der Waals surface area (Å²) in [6, 6.07) is 7.38. The number of aryl methyl sites for hydroxylation is 1. The standard InChI is InChI=1S/C15H19N3O3/c1-2-20-15(19)12-10-17-18(11-12)8-5-9-21-14-7-4-3-6-13(14)16/h3-4,6-7,10-11H,2,5,8-9,16H2,1H3. The van der Waals surface area contributed by atoms with Gasteiger partial charge in [-0.2, -0.15) is 5.10 Å². The number of hydrogen-bond donors (Lipinski definition) is 1. The summed E-state index contributed by atoms with van der Waals surface area (Å²) >= 11 is 0. The quantitative estimate of drug-likeness (QED) is 0.480. The summed E-state index contributed by atoms with van der Waals surface area (Å²) in [6.07, 6.45) is 3.95. The molecule has 0 amide bonds. The molecule has 6 nitrogen and oxygen atoms in total. The van der Waals surface area contributed by atoms with Crippen LogP contribution in [0.15, 0.2) is 36.7 Å². The van der Waals surface area contributed by atoms with Crippen molar-refractivity contribution < 1.29 is 14.3 Å². The van der Waals surface area contributed by atoms with Crippen LogP contribution in [0.5, 0.6) is 5.75 Å². The number of nitrogens with zero attached hydrogens (tertiary/aromatic N) is 2. The van der Waals surface area contributed by atoms with E-state index in [2.05, 4.69) is 5.10 Å². The molecule has 0 spiro atoms. The maximum atomic E-state index is 11.5. The molecule has 0 aliphatic heterocycles. The Bertz CT molecular complexity index is 595. The van der Waals surface area contributed by atoms with Crippen LogP contribution in [0.3, 0.4) is 0 Å². The van der Waals surface area contributed by atoms with Crippen LogP contribution in [0, 0.1) is 0 Å². The van der Waals surface area contributed by atoms with Crippen LogP contribution in [-0.2, 0) is 11.3 Å². The van der Waals surface area contributed by atoms with E-state index in [1.807, 2.05) is 18.2 Å². The molecule has 0 bridgehead atoms. The Morgan fingerprint density at radius 1 is 1.38 bits per heavy atom. The average molecular weight is 289 g/mol. The SMILES string of the molecule is CCOC(=O)c1cnn(CCCOc2ccccc2N)c1. The molecule has 0 aliphatic rings. The van der Waals surface area contributed by atoms with Gasteiger partial charge < -0.3 is 15.2 Å². The number of carbonyl (C=O) groups is 1. The number of hydrogen-bond acceptors (Lipinski definition) is 5. The zero-order chi connectivity index (χ0) is 15.1. The number of anilines is 1. The lowest BCUT2D eigenvalue weighted by Crippen LogP contribution is -2.06. The molecule has 2 aromatic rings. The normalized spacial score (nSPS) is 10.3. The second-order valence-electron chi connectivity index (χ2n) is 4.45. The van der Waals surface area contributed by atoms with E-state index in [1.165, 1.54) is 6.20 Å². The lowest BCUT2D eigenvalue weighted by molar-refractivity contribution is 0.0526. The van der Waals surface area contributed by atoms with Gasteiger partial charge in [0.25, 0.3) is 0 Å². The van der Waals surface area contributed by atoms with Gasteiger partial charge in [0.15, 0.2) is 0 Å². The van der Waals surface area contributed by atoms with Gasteiger partial charge in [0.2, 0.25) is 0 Å². The third-order valence-electron chi connectivity index (χ3n) is 2.85. The van der Waals surface area contributed by atoms with Crippen molar-refractivity contribution in [1.29, 1.82) is 0 Å². The molecule has 1 heterocycles. The number of aromatic nitrogens is 2. The first-order chi connectivity index (χ1) is 10.2. The van der Waals surface area contributed by atoms with Gasteiger partial charge in [-0.05, 0) is 19.1 Å². The first-order valence-corrected chi connectivity index (χ1v) is 6.87. The third kappa shape index (κ3) is 4.24. The van der Waals surface area contributed by atoms with Crippen molar-refractivity contribution in [3.05, 3.63) is 42.2 Å². The smallest absolute Gasteiger partial charge is 0.341 e. The van der Waals surface area contributed by atoms with Crippen LogP contribution >= 0.6 is 0 Å². The Balaban J connectivity index is 1.76. The Kier molecular flexibility index (Phi) is 5.20. The fourth-order valence-corrected chi connectivity index (χ4v) is 1.83. The Labute approximate surface area is 123 Å². The minimum Gasteiger partial charge on any atom is -0.491 e. The van der Waals surface area contributed by atoms with Crippen LogP contribution in [0.4, 0.5) is 5.69 Å². The summed E-state index contributed by atoms with van der Waals surface area (Å²) in [5, 5.41) is 4.12. The number of nitrogen functional groups attached to an aromatic ring is 1. The number of ether oxygens (including phenoxy) is 2. The predicted octanol–water partition coefficient (Wildman–Crippen LogP) is 2.11. The second kappa shape index (κ2) is 7.33. The fourth-order valence-electron chi connectivity index (χ4n) is 1.83. The highest BCUT2D eigenvalue weighted by atomic mass is 16.5. The molecule has 0 radical (unpaired) electrons. The van der Waals surface area contributed by atoms with Gasteiger partial charge in [-0.25, -0.2) is 4.79 Å². The van der Waals surface area contributed by atoms with Crippen molar-refractivity contribution in [3.63, 3.8) is 0 Å². The van der Waals surface area contributed by atoms with Gasteiger partial charge in [0.05, 0.1) is 30.7 Å². The molecule has 21 heavy (non-hydrogen) atoms. The molecule has 0 saturated heterocycles. The highest BCUT2D eigenvalue weighted by Crippen LogP contribution is 2.19. The van der Waals surface area contributed by atoms with Gasteiger partial charge in [-0.3, -0.25) is 4.68 Å². The monoisotopic (exact) mass is 289 g/mol. The number of para-hydroxylation sites is 2. The Hall–Kier alpha value is -2.50. The van der Waals surface area contributed by atoms with E-state index in [0.717, 1.165) is 6.42 Å². The summed E-state index contributed by atoms with van der Waals surface area (Å²) in [4.78, 5) is 11.5. The molecule has 2 N–H and O–H groups in total. The lowest BCUT2D eigenvalue weighted by atomic mass is 10.3. The maximum absolute atomic E-state index is 11.5. The molecule has 112 valence electrons. The first kappa shape index (κ1) is 14.9. The molecule has 1 aromatic heterocycles. The molecular weight excluding hydrogens is 270 g/mol. The topological polar surface area (TPSA) is 79.4 Å². The minimum absolute atomic E-state index is 0.350. The highest BCUT2D eigenvalue weighted by Gasteiger charge is 2.08. The van der Waals surface area contributed by atoms with E-state index in [1.54, 1.807) is 23.9 Å². The summed E-state index contributed by atoms with van der Waals surface area (Å²) < 4.78 is 12.2. The van der Waals surface area contributed by atoms with Crippen LogP contribution < -0.4 is 10.5 Å². The second-order valence-corrected chi connectivity index (χ2v) is 4.45. The number of benzene rings is 1. The van der Waals surface area contributed by atoms with Crippen molar-refractivity contribution >= 4 is 11.7 Å². The van der Waals surface area contributed by atoms with Gasteiger partial charge in [-0.1, -0.05) is 12.1 Å². The number of esters is 1. The van der Waals surface area contributed by atoms with Crippen molar-refractivity contribution in [3.8, 4) is 5.75 Å². The van der Waals surface area contributed by atoms with E-state index < -0.39 is 0 Å². The molecular formula is C15H19N3O3. The lowest BCUT2D eigenvalue weighted by Gasteiger charge is -2.08. The number of rotatable bonds is 7. The summed E-state index contributed by atoms with van der Waals surface area (Å²) in [5.74, 6) is 0.335. The zero-order valence-corrected chi connectivity index (χ0v) is 12.0. The van der Waals surface area contributed by atoms with Crippen molar-refractivity contribution in [2.75, 3.05) is 18.9 Å². The molecule has 0 atom stereocenters. The van der Waals surface area contributed by atoms with Gasteiger partial charge in [0.1, 0.15) is 5.75 Å². The van der Waals surface area contributed by atoms with Crippen LogP contribution in [0.1, 0.15) is 23.7 Å². The Morgan fingerprint density at radius 3 is 2.95 bits per heavy atom. The van der Waals surface area contributed by atoms with E-state index in [4.69, 9.17) is 15.2 Å². The molecule has 0 unspecified atom stereocenters. The fraction of sp³-hybridized carbons (Fsp3) is 0.333. The zero-order valence-electron chi connectivity index (χ0n) is 12.0. The number of carbonyl (C=O) groups excluding carboxylic acids is 1. The predicted molar refractivity (Wildman–Crippen MR) is 79.1 cm³/mol. The number of nitrogens with two attached hydrogens (primary N) is 1. The molecule has 0 aliphatic carbocycles. The van der Waals surface area contributed by atoms with E-state index in [9.17, 15) is 4.79 Å². The van der Waals surface area contributed by atoms with Gasteiger partial charge in [-0.15, -0.1) is 0 Å². The van der Waals surface area contributed by atoms with E-state index in [0.29, 0.717) is 36.8 Å². The van der Waals surface area contributed by atoms with Crippen molar-refractivity contribution in [2.24, 2.45) is 0 Å². The molecule has 6 heteroatoms. The van der Waals surface area contributed by atoms with E-state index in [-0.39, 0.29) is 5.97 Å². The summed E-state index contributed by atoms with van der Waals surface area (Å²) in [5.41, 5.74) is 6.87. The summed E-state index contributed by atoms with van der Waals surface area (Å²) in [6.45, 7) is 3.32. The minimum atomic E-state index is -0.350. The van der Waals surface area contributed by atoms with Crippen LogP contribution in [-0.4, -0.2) is 29.0 Å². The maximum Gasteiger partial charge on any atom is 0.341 e. The first-order valence-electron chi connectivity index (χ1n) is 6.87. The molecule has 0 fully saturated rings. The van der Waals surface area contributed by atoms with Crippen LogP contribution in [0.25, 0.3) is 0 Å². The summed E-state index contributed by atoms with van der Waals surface area (Å²) in [7, 11) is 0. The molecule has 1 aromatic carbocycles. The van der Waals surface area contributed by atoms with Gasteiger partial charge >= 0.3 is 5.97 Å². The average Bonchev–Trinajstić information content (AvgIpc) is 2.94. The third-order valence-corrected chi connectivity index (χ3v) is 2.85.